The molecule has 0 spiro atoms. The van der Waals surface area contributed by atoms with Gasteiger partial charge >= 0.3 is 6.09 Å². The van der Waals surface area contributed by atoms with Crippen molar-refractivity contribution in [1.82, 2.24) is 19.9 Å². The molecule has 244 valence electrons. The van der Waals surface area contributed by atoms with E-state index in [1.54, 1.807) is 36.4 Å². The second-order valence-corrected chi connectivity index (χ2v) is 11.4. The van der Waals surface area contributed by atoms with Gasteiger partial charge in [0.25, 0.3) is 11.5 Å². The van der Waals surface area contributed by atoms with Crippen molar-refractivity contribution < 1.29 is 18.7 Å². The lowest BCUT2D eigenvalue weighted by molar-refractivity contribution is 0.0641. The molecular formula is C36H30Cl2FN5O4. The summed E-state index contributed by atoms with van der Waals surface area (Å²) in [6.07, 6.45) is 5.22. The maximum atomic E-state index is 15.3. The Labute approximate surface area is 286 Å². The zero-order valence-corrected chi connectivity index (χ0v) is 27.0. The van der Waals surface area contributed by atoms with Crippen LogP contribution in [-0.4, -0.2) is 39.7 Å². The number of nitrogens with zero attached hydrogens (tertiary/aromatic N) is 3. The zero-order chi connectivity index (χ0) is 34.0. The van der Waals surface area contributed by atoms with Gasteiger partial charge in [-0.3, -0.25) is 15.0 Å². The third-order valence-corrected chi connectivity index (χ3v) is 7.88. The first-order valence-corrected chi connectivity index (χ1v) is 15.7. The van der Waals surface area contributed by atoms with Crippen molar-refractivity contribution in [3.05, 3.63) is 140 Å². The lowest BCUT2D eigenvalue weighted by atomic mass is 10.1. The van der Waals surface area contributed by atoms with Gasteiger partial charge in [0.05, 0.1) is 33.8 Å². The van der Waals surface area contributed by atoms with Crippen LogP contribution in [0.1, 0.15) is 40.6 Å². The third kappa shape index (κ3) is 8.12. The summed E-state index contributed by atoms with van der Waals surface area (Å²) < 4.78 is 21.8. The average Bonchev–Trinajstić information content (AvgIpc) is 3.09. The summed E-state index contributed by atoms with van der Waals surface area (Å²) in [5, 5.41) is 3.05. The maximum absolute atomic E-state index is 15.3. The highest BCUT2D eigenvalue weighted by Gasteiger charge is 2.32. The Kier molecular flexibility index (Phi) is 11.3. The van der Waals surface area contributed by atoms with Gasteiger partial charge in [-0.1, -0.05) is 77.8 Å². The van der Waals surface area contributed by atoms with E-state index in [2.05, 4.69) is 16.7 Å². The fraction of sp³-hybridized carbons (Fsp3) is 0.167. The van der Waals surface area contributed by atoms with Gasteiger partial charge in [-0.05, 0) is 54.4 Å². The first-order chi connectivity index (χ1) is 23.3. The lowest BCUT2D eigenvalue weighted by Gasteiger charge is -2.32. The minimum Gasteiger partial charge on any atom is -0.449 e. The van der Waals surface area contributed by atoms with E-state index in [-0.39, 0.29) is 59.9 Å². The number of terminal acetylenes is 1. The molecule has 0 saturated carbocycles. The highest BCUT2D eigenvalue weighted by atomic mass is 35.5. The lowest BCUT2D eigenvalue weighted by Crippen LogP contribution is -2.41. The molecule has 0 fully saturated rings. The summed E-state index contributed by atoms with van der Waals surface area (Å²) in [4.78, 5) is 46.6. The number of para-hydroxylation sites is 1. The largest absolute Gasteiger partial charge is 0.449 e. The van der Waals surface area contributed by atoms with Gasteiger partial charge in [0.2, 0.25) is 0 Å². The van der Waals surface area contributed by atoms with E-state index < -0.39 is 29.4 Å². The number of hydrogen-bond donors (Lipinski definition) is 2. The molecule has 48 heavy (non-hydrogen) atoms. The molecule has 0 bridgehead atoms. The molecule has 2 N–H and O–H groups in total. The Balaban J connectivity index is 1.51. The van der Waals surface area contributed by atoms with E-state index >= 15 is 4.39 Å². The molecule has 1 heterocycles. The first-order valence-electron chi connectivity index (χ1n) is 14.9. The summed E-state index contributed by atoms with van der Waals surface area (Å²) in [6, 6.07) is 25.9. The highest BCUT2D eigenvalue weighted by molar-refractivity contribution is 6.31. The van der Waals surface area contributed by atoms with Crippen molar-refractivity contribution >= 4 is 51.8 Å². The molecule has 1 atom stereocenters. The minimum atomic E-state index is -1.06. The van der Waals surface area contributed by atoms with E-state index in [1.165, 1.54) is 33.8 Å². The Morgan fingerprint density at radius 2 is 1.73 bits per heavy atom. The van der Waals surface area contributed by atoms with Crippen LogP contribution in [0.2, 0.25) is 10.0 Å². The van der Waals surface area contributed by atoms with Crippen LogP contribution >= 0.6 is 23.2 Å². The predicted molar refractivity (Wildman–Crippen MR) is 184 cm³/mol. The van der Waals surface area contributed by atoms with Gasteiger partial charge in [0.15, 0.2) is 11.6 Å². The van der Waals surface area contributed by atoms with Crippen LogP contribution in [0.3, 0.4) is 0 Å². The van der Waals surface area contributed by atoms with Crippen LogP contribution in [0.4, 0.5) is 14.9 Å². The molecule has 4 aromatic carbocycles. The number of anilines is 1. The van der Waals surface area contributed by atoms with Crippen molar-refractivity contribution in [2.75, 3.05) is 18.6 Å². The van der Waals surface area contributed by atoms with E-state index in [1.807, 2.05) is 36.4 Å². The fourth-order valence-electron chi connectivity index (χ4n) is 5.05. The number of benzene rings is 4. The molecule has 9 nitrogen and oxygen atoms in total. The number of fused-ring (bicyclic) bond motifs is 1. The second kappa shape index (κ2) is 16.0. The number of ether oxygens (including phenoxy) is 1. The number of hydrogen-bond acceptors (Lipinski definition) is 6. The maximum Gasteiger partial charge on any atom is 0.407 e. The summed E-state index contributed by atoms with van der Waals surface area (Å²) in [5.41, 5.74) is 4.03. The third-order valence-electron chi connectivity index (χ3n) is 7.36. The Hall–Kier alpha value is -5.37. The van der Waals surface area contributed by atoms with Gasteiger partial charge in [-0.2, -0.15) is 0 Å². The summed E-state index contributed by atoms with van der Waals surface area (Å²) in [5.74, 6) is 0.982. The smallest absolute Gasteiger partial charge is 0.407 e. The molecule has 5 rings (SSSR count). The molecule has 1 aromatic heterocycles. The molecule has 0 aliphatic carbocycles. The SMILES string of the molecule is C#CC[C@H](c1nc2cc(Cl)ccc2c(=O)n1Nc1ccccc1)N(CCCOC(=O)NCc1ccccc1)C(=O)c1cccc(Cl)c1F. The van der Waals surface area contributed by atoms with Crippen molar-refractivity contribution in [3.63, 3.8) is 0 Å². The van der Waals surface area contributed by atoms with Crippen LogP contribution in [-0.2, 0) is 11.3 Å². The molecule has 0 saturated heterocycles. The standard InChI is InChI=1S/C36H30Cl2FN5O4/c1-2-11-31(33-41-30-22-25(37)18-19-27(30)35(46)44(33)42-26-14-7-4-8-15-26)43(34(45)28-16-9-17-29(38)32(28)39)20-10-21-48-36(47)40-23-24-12-5-3-6-13-24/h1,3-9,12-19,22,31,42H,10-11,20-21,23H2,(H,40,47)/t31-/m1/s1. The number of carbonyl (C=O) groups is 2. The fourth-order valence-corrected chi connectivity index (χ4v) is 5.39. The van der Waals surface area contributed by atoms with Crippen LogP contribution in [0.15, 0.2) is 102 Å². The van der Waals surface area contributed by atoms with E-state index in [0.717, 1.165) is 5.56 Å². The van der Waals surface area contributed by atoms with Crippen LogP contribution in [0, 0.1) is 18.2 Å². The van der Waals surface area contributed by atoms with Gasteiger partial charge in [-0.15, -0.1) is 12.3 Å². The normalized spacial score (nSPS) is 11.4. The van der Waals surface area contributed by atoms with Gasteiger partial charge in [-0.25, -0.2) is 18.8 Å². The van der Waals surface area contributed by atoms with Gasteiger partial charge < -0.3 is 15.0 Å². The number of carbonyl (C=O) groups excluding carboxylic acids is 2. The predicted octanol–water partition coefficient (Wildman–Crippen LogP) is 7.24. The van der Waals surface area contributed by atoms with Crippen molar-refractivity contribution in [2.24, 2.45) is 0 Å². The first kappa shape index (κ1) is 34.0. The van der Waals surface area contributed by atoms with Crippen LogP contribution in [0.5, 0.6) is 0 Å². The van der Waals surface area contributed by atoms with Crippen LogP contribution < -0.4 is 16.3 Å². The molecule has 2 amide bonds. The molecule has 0 unspecified atom stereocenters. The number of aromatic nitrogens is 2. The molecule has 0 aliphatic rings. The second-order valence-electron chi connectivity index (χ2n) is 10.6. The van der Waals surface area contributed by atoms with E-state index in [0.29, 0.717) is 10.7 Å². The zero-order valence-electron chi connectivity index (χ0n) is 25.5. The van der Waals surface area contributed by atoms with Gasteiger partial charge in [0, 0.05) is 24.5 Å². The van der Waals surface area contributed by atoms with Crippen molar-refractivity contribution in [2.45, 2.75) is 25.4 Å². The number of rotatable bonds is 12. The van der Waals surface area contributed by atoms with E-state index in [9.17, 15) is 14.4 Å². The molecule has 12 heteroatoms. The van der Waals surface area contributed by atoms with Crippen molar-refractivity contribution in [1.29, 1.82) is 0 Å². The molecule has 0 aliphatic heterocycles. The highest BCUT2D eigenvalue weighted by Crippen LogP contribution is 2.29. The van der Waals surface area contributed by atoms with Crippen LogP contribution in [0.25, 0.3) is 10.9 Å². The Morgan fingerprint density at radius 3 is 2.46 bits per heavy atom. The Morgan fingerprint density at radius 1 is 1.00 bits per heavy atom. The summed E-state index contributed by atoms with van der Waals surface area (Å²) >= 11 is 12.3. The summed E-state index contributed by atoms with van der Waals surface area (Å²) in [6.45, 7) is 0.130. The van der Waals surface area contributed by atoms with Crippen molar-refractivity contribution in [3.8, 4) is 12.3 Å². The number of amides is 2. The quantitative estimate of drug-likeness (QED) is 0.106. The number of halogens is 3. The number of nitrogens with one attached hydrogen (secondary N) is 2. The topological polar surface area (TPSA) is 106 Å². The monoisotopic (exact) mass is 685 g/mol. The summed E-state index contributed by atoms with van der Waals surface area (Å²) in [7, 11) is 0. The number of alkyl carbamates (subject to hydrolysis) is 1. The molecule has 5 aromatic rings. The Bertz CT molecular complexity index is 2020. The average molecular weight is 687 g/mol. The molecular weight excluding hydrogens is 656 g/mol. The van der Waals surface area contributed by atoms with E-state index in [4.69, 9.17) is 39.3 Å². The van der Waals surface area contributed by atoms with Gasteiger partial charge in [0.1, 0.15) is 6.04 Å². The molecule has 0 radical (unpaired) electrons. The minimum absolute atomic E-state index is 0.0576.